The molecule has 1 heterocycles. The van der Waals surface area contributed by atoms with E-state index in [1.54, 1.807) is 6.07 Å². The zero-order valence-electron chi connectivity index (χ0n) is 5.75. The molecule has 3 nitrogen and oxygen atoms in total. The summed E-state index contributed by atoms with van der Waals surface area (Å²) in [4.78, 5) is 13.8. The van der Waals surface area contributed by atoms with Gasteiger partial charge in [-0.1, -0.05) is 6.07 Å². The second kappa shape index (κ2) is 3.09. The van der Waals surface area contributed by atoms with Gasteiger partial charge in [0.15, 0.2) is 0 Å². The summed E-state index contributed by atoms with van der Waals surface area (Å²) in [6, 6.07) is 4.25. The third-order valence-electron chi connectivity index (χ3n) is 1.13. The lowest BCUT2D eigenvalue weighted by atomic mass is 10.3. The van der Waals surface area contributed by atoms with E-state index < -0.39 is 11.9 Å². The molecule has 0 aliphatic heterocycles. The van der Waals surface area contributed by atoms with Gasteiger partial charge in [-0.25, -0.2) is 4.98 Å². The first-order chi connectivity index (χ1) is 5.18. The highest BCUT2D eigenvalue weighted by molar-refractivity contribution is 5.75. The van der Waals surface area contributed by atoms with Crippen LogP contribution in [-0.2, 0) is 11.2 Å². The number of rotatable bonds is 2. The molecule has 0 aromatic carbocycles. The number of nitrogens with zero attached hydrogens (tertiary/aromatic N) is 1. The number of aromatic nitrogens is 1. The normalized spacial score (nSPS) is 9.55. The van der Waals surface area contributed by atoms with E-state index in [-0.39, 0.29) is 6.42 Å². The first kappa shape index (κ1) is 7.65. The molecule has 4 heteroatoms. The molecule has 1 aromatic rings. The van der Waals surface area contributed by atoms with E-state index in [0.29, 0.717) is 5.69 Å². The number of nitrogens with two attached hydrogens (primary N) is 1. The molecule has 2 N–H and O–H groups in total. The highest BCUT2D eigenvalue weighted by Gasteiger charge is 1.99. The second-order valence-electron chi connectivity index (χ2n) is 2.09. The Morgan fingerprint density at radius 2 is 2.36 bits per heavy atom. The lowest BCUT2D eigenvalue weighted by Gasteiger charge is -1.94. The zero-order valence-corrected chi connectivity index (χ0v) is 5.75. The predicted molar refractivity (Wildman–Crippen MR) is 37.1 cm³/mol. The van der Waals surface area contributed by atoms with Crippen molar-refractivity contribution < 1.29 is 9.18 Å². The van der Waals surface area contributed by atoms with Crippen LogP contribution < -0.4 is 5.73 Å². The van der Waals surface area contributed by atoms with Crippen molar-refractivity contribution in [3.8, 4) is 0 Å². The van der Waals surface area contributed by atoms with E-state index in [2.05, 4.69) is 4.98 Å². The summed E-state index contributed by atoms with van der Waals surface area (Å²) >= 11 is 0. The lowest BCUT2D eigenvalue weighted by molar-refractivity contribution is -0.117. The Kier molecular flexibility index (Phi) is 2.15. The van der Waals surface area contributed by atoms with E-state index in [4.69, 9.17) is 5.73 Å². The van der Waals surface area contributed by atoms with E-state index in [1.807, 2.05) is 0 Å². The van der Waals surface area contributed by atoms with Gasteiger partial charge in [-0.2, -0.15) is 4.39 Å². The minimum Gasteiger partial charge on any atom is -0.369 e. The van der Waals surface area contributed by atoms with Crippen molar-refractivity contribution in [2.45, 2.75) is 6.42 Å². The van der Waals surface area contributed by atoms with Crippen molar-refractivity contribution >= 4 is 5.91 Å². The summed E-state index contributed by atoms with van der Waals surface area (Å²) in [7, 11) is 0. The third-order valence-corrected chi connectivity index (χ3v) is 1.13. The van der Waals surface area contributed by atoms with Gasteiger partial charge in [0.05, 0.1) is 12.1 Å². The fraction of sp³-hybridized carbons (Fsp3) is 0.143. The Hall–Kier alpha value is -1.45. The quantitative estimate of drug-likeness (QED) is 0.620. The third kappa shape index (κ3) is 2.33. The van der Waals surface area contributed by atoms with Gasteiger partial charge in [-0.15, -0.1) is 0 Å². The van der Waals surface area contributed by atoms with E-state index in [9.17, 15) is 9.18 Å². The van der Waals surface area contributed by atoms with Crippen LogP contribution in [0.3, 0.4) is 0 Å². The lowest BCUT2D eigenvalue weighted by Crippen LogP contribution is -2.14. The highest BCUT2D eigenvalue weighted by Crippen LogP contribution is 1.97. The van der Waals surface area contributed by atoms with Gasteiger partial charge in [0, 0.05) is 0 Å². The zero-order chi connectivity index (χ0) is 8.27. The van der Waals surface area contributed by atoms with Crippen LogP contribution in [0, 0.1) is 5.95 Å². The molecule has 0 bridgehead atoms. The second-order valence-corrected chi connectivity index (χ2v) is 2.09. The number of primary amides is 1. The molecule has 1 amide bonds. The fourth-order valence-electron chi connectivity index (χ4n) is 0.727. The molecule has 0 aliphatic carbocycles. The molecular weight excluding hydrogens is 147 g/mol. The molecule has 1 rings (SSSR count). The van der Waals surface area contributed by atoms with Crippen molar-refractivity contribution in [3.05, 3.63) is 29.8 Å². The maximum atomic E-state index is 12.4. The van der Waals surface area contributed by atoms with Gasteiger partial charge >= 0.3 is 0 Å². The Morgan fingerprint density at radius 3 is 2.91 bits per heavy atom. The molecular formula is C7H7FN2O. The van der Waals surface area contributed by atoms with Crippen LogP contribution in [0.15, 0.2) is 18.2 Å². The van der Waals surface area contributed by atoms with Crippen molar-refractivity contribution in [2.75, 3.05) is 0 Å². The van der Waals surface area contributed by atoms with Crippen molar-refractivity contribution in [1.82, 2.24) is 4.98 Å². The fourth-order valence-corrected chi connectivity index (χ4v) is 0.727. The van der Waals surface area contributed by atoms with Crippen LogP contribution in [0.2, 0.25) is 0 Å². The monoisotopic (exact) mass is 154 g/mol. The molecule has 0 unspecified atom stereocenters. The standard InChI is InChI=1S/C7H7FN2O/c8-6-3-1-2-5(10-6)4-7(9)11/h1-3H,4H2,(H2,9,11). The first-order valence-electron chi connectivity index (χ1n) is 3.08. The minimum absolute atomic E-state index is 0.0161. The van der Waals surface area contributed by atoms with Crippen LogP contribution in [0.25, 0.3) is 0 Å². The molecule has 0 saturated heterocycles. The number of hydrogen-bond donors (Lipinski definition) is 1. The van der Waals surface area contributed by atoms with E-state index >= 15 is 0 Å². The molecule has 0 spiro atoms. The average Bonchev–Trinajstić information content (AvgIpc) is 1.85. The Labute approximate surface area is 63.0 Å². The molecule has 0 radical (unpaired) electrons. The van der Waals surface area contributed by atoms with Crippen molar-refractivity contribution in [1.29, 1.82) is 0 Å². The summed E-state index contributed by atoms with van der Waals surface area (Å²) in [5, 5.41) is 0. The van der Waals surface area contributed by atoms with Crippen LogP contribution in [0.4, 0.5) is 4.39 Å². The number of amides is 1. The minimum atomic E-state index is -0.594. The van der Waals surface area contributed by atoms with Gasteiger partial charge in [-0.05, 0) is 12.1 Å². The summed E-state index contributed by atoms with van der Waals surface area (Å²) < 4.78 is 12.4. The SMILES string of the molecule is NC(=O)Cc1cccc(F)n1. The molecule has 0 atom stereocenters. The average molecular weight is 154 g/mol. The topological polar surface area (TPSA) is 56.0 Å². The van der Waals surface area contributed by atoms with Gasteiger partial charge in [0.2, 0.25) is 11.9 Å². The smallest absolute Gasteiger partial charge is 0.223 e. The summed E-state index contributed by atoms with van der Waals surface area (Å²) in [6.45, 7) is 0. The van der Waals surface area contributed by atoms with E-state index in [1.165, 1.54) is 12.1 Å². The Bertz CT molecular complexity index is 275. The summed E-state index contributed by atoms with van der Waals surface area (Å²) in [5.41, 5.74) is 5.23. The maximum Gasteiger partial charge on any atom is 0.223 e. The van der Waals surface area contributed by atoms with Crippen LogP contribution >= 0.6 is 0 Å². The summed E-state index contributed by atoms with van der Waals surface area (Å²) in [5.74, 6) is -1.10. The van der Waals surface area contributed by atoms with Crippen molar-refractivity contribution in [3.63, 3.8) is 0 Å². The van der Waals surface area contributed by atoms with E-state index in [0.717, 1.165) is 0 Å². The van der Waals surface area contributed by atoms with Crippen LogP contribution in [0.5, 0.6) is 0 Å². The first-order valence-corrected chi connectivity index (χ1v) is 3.08. The number of hydrogen-bond acceptors (Lipinski definition) is 2. The molecule has 0 aliphatic rings. The number of pyridine rings is 1. The molecule has 11 heavy (non-hydrogen) atoms. The molecule has 1 aromatic heterocycles. The van der Waals surface area contributed by atoms with Crippen molar-refractivity contribution in [2.24, 2.45) is 5.73 Å². The highest BCUT2D eigenvalue weighted by atomic mass is 19.1. The molecule has 0 saturated carbocycles. The van der Waals surface area contributed by atoms with Gasteiger partial charge in [-0.3, -0.25) is 4.79 Å². The van der Waals surface area contributed by atoms with Gasteiger partial charge in [0.1, 0.15) is 0 Å². The Balaban J connectivity index is 2.79. The number of halogens is 1. The largest absolute Gasteiger partial charge is 0.369 e. The molecule has 0 fully saturated rings. The van der Waals surface area contributed by atoms with Gasteiger partial charge < -0.3 is 5.73 Å². The van der Waals surface area contributed by atoms with Gasteiger partial charge in [0.25, 0.3) is 0 Å². The predicted octanol–water partition coefficient (Wildman–Crippen LogP) is 0.248. The van der Waals surface area contributed by atoms with Crippen LogP contribution in [0.1, 0.15) is 5.69 Å². The Morgan fingerprint density at radius 1 is 1.64 bits per heavy atom. The number of carbonyl (C=O) groups is 1. The maximum absolute atomic E-state index is 12.4. The summed E-state index contributed by atoms with van der Waals surface area (Å²) in [6.07, 6.45) is -0.0161. The number of carbonyl (C=O) groups excluding carboxylic acids is 1. The van der Waals surface area contributed by atoms with Crippen LogP contribution in [-0.4, -0.2) is 10.9 Å². The molecule has 58 valence electrons.